The van der Waals surface area contributed by atoms with Gasteiger partial charge in [-0.15, -0.1) is 0 Å². The Labute approximate surface area is 145 Å². The van der Waals surface area contributed by atoms with Gasteiger partial charge in [-0.3, -0.25) is 14.4 Å². The highest BCUT2D eigenvalue weighted by molar-refractivity contribution is 5.82. The van der Waals surface area contributed by atoms with E-state index < -0.39 is 19.0 Å². The summed E-state index contributed by atoms with van der Waals surface area (Å²) >= 11 is 0. The highest BCUT2D eigenvalue weighted by atomic mass is 19.3. The summed E-state index contributed by atoms with van der Waals surface area (Å²) in [4.78, 5) is 16.1. The zero-order valence-corrected chi connectivity index (χ0v) is 14.2. The van der Waals surface area contributed by atoms with Crippen molar-refractivity contribution in [3.05, 3.63) is 18.0 Å². The molecule has 0 saturated carbocycles. The summed E-state index contributed by atoms with van der Waals surface area (Å²) in [7, 11) is 1.82. The minimum absolute atomic E-state index is 0.00397. The maximum Gasteiger partial charge on any atom is 0.251 e. The molecule has 0 aliphatic carbocycles. The standard InChI is InChI=1S/C16H24F2N4O3/c1-20-5-11(4-19-20)13-7-22(6-12(13)9-23)16(24)14-10-25-3-2-21(14)8-15(17)18/h4-5,12-15,23H,2-3,6-10H2,1H3/t12-,13-,14?/m0/s1. The zero-order valence-electron chi connectivity index (χ0n) is 14.2. The third-order valence-corrected chi connectivity index (χ3v) is 5.04. The number of ether oxygens (including phenoxy) is 1. The van der Waals surface area contributed by atoms with Crippen molar-refractivity contribution in [2.45, 2.75) is 18.4 Å². The molecule has 0 radical (unpaired) electrons. The Hall–Kier alpha value is -1.58. The number of halogens is 2. The fourth-order valence-electron chi connectivity index (χ4n) is 3.72. The van der Waals surface area contributed by atoms with Gasteiger partial charge in [0.2, 0.25) is 5.91 Å². The summed E-state index contributed by atoms with van der Waals surface area (Å²) in [5, 5.41) is 13.8. The van der Waals surface area contributed by atoms with Gasteiger partial charge in [-0.05, 0) is 5.56 Å². The molecule has 3 atom stereocenters. The third kappa shape index (κ3) is 3.99. The highest BCUT2D eigenvalue weighted by Gasteiger charge is 2.41. The largest absolute Gasteiger partial charge is 0.396 e. The van der Waals surface area contributed by atoms with E-state index in [2.05, 4.69) is 5.10 Å². The number of aromatic nitrogens is 2. The number of rotatable bonds is 5. The Morgan fingerprint density at radius 1 is 1.48 bits per heavy atom. The van der Waals surface area contributed by atoms with Crippen molar-refractivity contribution in [1.29, 1.82) is 0 Å². The van der Waals surface area contributed by atoms with Crippen LogP contribution in [0.25, 0.3) is 0 Å². The number of likely N-dealkylation sites (tertiary alicyclic amines) is 1. The number of amides is 1. The number of aliphatic hydroxyl groups is 1. The average molecular weight is 358 g/mol. The van der Waals surface area contributed by atoms with Gasteiger partial charge in [-0.1, -0.05) is 0 Å². The van der Waals surface area contributed by atoms with E-state index in [9.17, 15) is 18.7 Å². The van der Waals surface area contributed by atoms with Crippen molar-refractivity contribution in [1.82, 2.24) is 19.6 Å². The molecule has 0 aromatic carbocycles. The Bertz CT molecular complexity index is 598. The van der Waals surface area contributed by atoms with Gasteiger partial charge in [0.15, 0.2) is 0 Å². The second-order valence-electron chi connectivity index (χ2n) is 6.72. The second-order valence-corrected chi connectivity index (χ2v) is 6.72. The number of hydrogen-bond donors (Lipinski definition) is 1. The van der Waals surface area contributed by atoms with Crippen LogP contribution in [0.15, 0.2) is 12.4 Å². The summed E-state index contributed by atoms with van der Waals surface area (Å²) in [6.45, 7) is 1.21. The van der Waals surface area contributed by atoms with Crippen LogP contribution in [0, 0.1) is 5.92 Å². The van der Waals surface area contributed by atoms with Crippen LogP contribution < -0.4 is 0 Å². The van der Waals surface area contributed by atoms with Crippen molar-refractivity contribution in [3.8, 4) is 0 Å². The summed E-state index contributed by atoms with van der Waals surface area (Å²) in [6.07, 6.45) is 1.14. The normalized spacial score (nSPS) is 28.0. The van der Waals surface area contributed by atoms with Crippen LogP contribution in [0.1, 0.15) is 11.5 Å². The molecule has 7 nitrogen and oxygen atoms in total. The SMILES string of the molecule is Cn1cc([C@@H]2CN(C(=O)C3COCCN3CC(F)F)C[C@H]2CO)cn1. The molecule has 9 heteroatoms. The number of carbonyl (C=O) groups excluding carboxylic acids is 1. The molecule has 0 spiro atoms. The number of carbonyl (C=O) groups is 1. The van der Waals surface area contributed by atoms with E-state index in [-0.39, 0.29) is 31.0 Å². The minimum atomic E-state index is -2.49. The third-order valence-electron chi connectivity index (χ3n) is 5.04. The first-order valence-corrected chi connectivity index (χ1v) is 8.47. The van der Waals surface area contributed by atoms with Gasteiger partial charge in [-0.2, -0.15) is 5.10 Å². The predicted octanol–water partition coefficient (Wildman–Crippen LogP) is -0.0797. The Kier molecular flexibility index (Phi) is 5.65. The van der Waals surface area contributed by atoms with Crippen LogP contribution >= 0.6 is 0 Å². The minimum Gasteiger partial charge on any atom is -0.396 e. The van der Waals surface area contributed by atoms with Crippen LogP contribution in [-0.2, 0) is 16.6 Å². The van der Waals surface area contributed by atoms with E-state index in [1.54, 1.807) is 15.8 Å². The Morgan fingerprint density at radius 3 is 2.92 bits per heavy atom. The lowest BCUT2D eigenvalue weighted by Crippen LogP contribution is -2.55. The van der Waals surface area contributed by atoms with Gasteiger partial charge in [0, 0.05) is 51.3 Å². The molecule has 3 rings (SSSR count). The lowest BCUT2D eigenvalue weighted by Gasteiger charge is -2.36. The molecule has 2 fully saturated rings. The molecule has 1 aromatic heterocycles. The summed E-state index contributed by atoms with van der Waals surface area (Å²) in [6, 6.07) is -0.685. The van der Waals surface area contributed by atoms with Crippen LogP contribution in [0.3, 0.4) is 0 Å². The quantitative estimate of drug-likeness (QED) is 0.797. The van der Waals surface area contributed by atoms with Crippen LogP contribution in [-0.4, -0.2) is 89.1 Å². The first kappa shape index (κ1) is 18.2. The molecule has 25 heavy (non-hydrogen) atoms. The van der Waals surface area contributed by atoms with E-state index in [0.29, 0.717) is 26.2 Å². The topological polar surface area (TPSA) is 70.8 Å². The molecule has 2 aliphatic rings. The Balaban J connectivity index is 1.71. The van der Waals surface area contributed by atoms with Crippen molar-refractivity contribution in [2.75, 3.05) is 46.0 Å². The number of nitrogens with zero attached hydrogens (tertiary/aromatic N) is 4. The summed E-state index contributed by atoms with van der Waals surface area (Å²) in [5.74, 6) is -0.290. The molecule has 3 heterocycles. The molecule has 0 bridgehead atoms. The zero-order chi connectivity index (χ0) is 18.0. The number of aryl methyl sites for hydroxylation is 1. The van der Waals surface area contributed by atoms with Gasteiger partial charge in [0.25, 0.3) is 6.43 Å². The van der Waals surface area contributed by atoms with E-state index in [1.807, 2.05) is 13.2 Å². The van der Waals surface area contributed by atoms with Crippen molar-refractivity contribution in [2.24, 2.45) is 13.0 Å². The average Bonchev–Trinajstić information content (AvgIpc) is 3.20. The summed E-state index contributed by atoms with van der Waals surface area (Å²) in [5.41, 5.74) is 0.973. The van der Waals surface area contributed by atoms with Crippen LogP contribution in [0.5, 0.6) is 0 Å². The maximum absolute atomic E-state index is 12.9. The van der Waals surface area contributed by atoms with Gasteiger partial charge in [0.1, 0.15) is 6.04 Å². The van der Waals surface area contributed by atoms with Gasteiger partial charge in [0.05, 0.1) is 26.0 Å². The smallest absolute Gasteiger partial charge is 0.251 e. The second kappa shape index (κ2) is 7.76. The fraction of sp³-hybridized carbons (Fsp3) is 0.750. The molecule has 140 valence electrons. The Morgan fingerprint density at radius 2 is 2.28 bits per heavy atom. The monoisotopic (exact) mass is 358 g/mol. The number of aliphatic hydroxyl groups excluding tert-OH is 1. The molecule has 1 unspecified atom stereocenters. The first-order valence-electron chi connectivity index (χ1n) is 8.47. The molecular weight excluding hydrogens is 334 g/mol. The maximum atomic E-state index is 12.9. The summed E-state index contributed by atoms with van der Waals surface area (Å²) < 4.78 is 32.6. The molecular formula is C16H24F2N4O3. The van der Waals surface area contributed by atoms with Gasteiger partial charge >= 0.3 is 0 Å². The predicted molar refractivity (Wildman–Crippen MR) is 85.3 cm³/mol. The lowest BCUT2D eigenvalue weighted by atomic mass is 9.92. The number of hydrogen-bond acceptors (Lipinski definition) is 5. The van der Waals surface area contributed by atoms with Crippen molar-refractivity contribution >= 4 is 5.91 Å². The van der Waals surface area contributed by atoms with E-state index in [1.165, 1.54) is 4.90 Å². The fourth-order valence-corrected chi connectivity index (χ4v) is 3.72. The van der Waals surface area contributed by atoms with E-state index in [4.69, 9.17) is 4.74 Å². The highest BCUT2D eigenvalue weighted by Crippen LogP contribution is 2.33. The molecule has 1 aromatic rings. The number of morpholine rings is 1. The van der Waals surface area contributed by atoms with Gasteiger partial charge < -0.3 is 14.7 Å². The van der Waals surface area contributed by atoms with Crippen molar-refractivity contribution < 1.29 is 23.4 Å². The van der Waals surface area contributed by atoms with Crippen LogP contribution in [0.2, 0.25) is 0 Å². The van der Waals surface area contributed by atoms with Gasteiger partial charge in [-0.25, -0.2) is 8.78 Å². The first-order chi connectivity index (χ1) is 12.0. The molecule has 2 aliphatic heterocycles. The molecule has 1 amide bonds. The lowest BCUT2D eigenvalue weighted by molar-refractivity contribution is -0.143. The number of alkyl halides is 2. The molecule has 2 saturated heterocycles. The van der Waals surface area contributed by atoms with Crippen LogP contribution in [0.4, 0.5) is 8.78 Å². The van der Waals surface area contributed by atoms with E-state index >= 15 is 0 Å². The molecule has 1 N–H and O–H groups in total. The van der Waals surface area contributed by atoms with Crippen molar-refractivity contribution in [3.63, 3.8) is 0 Å². The van der Waals surface area contributed by atoms with E-state index in [0.717, 1.165) is 5.56 Å².